The molecule has 4 N–H and O–H groups in total. The van der Waals surface area contributed by atoms with Crippen LogP contribution in [0.4, 0.5) is 20.2 Å². The highest BCUT2D eigenvalue weighted by atomic mass is 19.1. The van der Waals surface area contributed by atoms with Crippen molar-refractivity contribution in [2.24, 2.45) is 5.18 Å². The number of hydrogen-bond acceptors (Lipinski definition) is 8. The van der Waals surface area contributed by atoms with Gasteiger partial charge in [-0.2, -0.15) is 4.91 Å². The quantitative estimate of drug-likeness (QED) is 0.199. The summed E-state index contributed by atoms with van der Waals surface area (Å²) in [6.45, 7) is 6.47. The summed E-state index contributed by atoms with van der Waals surface area (Å²) in [6, 6.07) is 10.3. The van der Waals surface area contributed by atoms with Crippen molar-refractivity contribution in [3.63, 3.8) is 0 Å². The van der Waals surface area contributed by atoms with E-state index in [0.717, 1.165) is 17.2 Å². The Balaban J connectivity index is 1.62. The number of benzene rings is 2. The summed E-state index contributed by atoms with van der Waals surface area (Å²) in [5.74, 6) is -1.51. The van der Waals surface area contributed by atoms with Gasteiger partial charge in [-0.3, -0.25) is 9.59 Å². The molecule has 2 atom stereocenters. The molecule has 0 saturated heterocycles. The fourth-order valence-corrected chi connectivity index (χ4v) is 5.71. The minimum Gasteiger partial charge on any atom is -0.390 e. The van der Waals surface area contributed by atoms with Crippen molar-refractivity contribution in [3.8, 4) is 0 Å². The van der Waals surface area contributed by atoms with Crippen molar-refractivity contribution in [1.82, 2.24) is 5.32 Å². The molecule has 0 aliphatic heterocycles. The molecule has 220 valence electrons. The Bertz CT molecular complexity index is 1430. The Kier molecular flexibility index (Phi) is 9.03. The molecule has 0 aromatic heterocycles. The van der Waals surface area contributed by atoms with Gasteiger partial charge < -0.3 is 21.1 Å². The van der Waals surface area contributed by atoms with E-state index in [0.29, 0.717) is 25.7 Å². The van der Waals surface area contributed by atoms with Crippen molar-refractivity contribution in [3.05, 3.63) is 96.1 Å². The zero-order chi connectivity index (χ0) is 29.9. The standard InChI is InChI=1S/C31H38F2N4O4/c1-30(2,3)19-6-5-7-20(15-19)31(10-8-23(37-41)9-11-31)35-17-25(38)24(14-18-12-21(32)16-22(33)13-18)36-27-26(34-4)28(39)29(27)40/h5-7,12-13,15-16,23-25,34-36,38H,8-11,14,17H2,1-4H3. The van der Waals surface area contributed by atoms with Gasteiger partial charge in [0.05, 0.1) is 18.2 Å². The average molecular weight is 569 g/mol. The first-order valence-electron chi connectivity index (χ1n) is 14.0. The van der Waals surface area contributed by atoms with Gasteiger partial charge in [-0.1, -0.05) is 50.2 Å². The van der Waals surface area contributed by atoms with Crippen LogP contribution in [0.5, 0.6) is 0 Å². The lowest BCUT2D eigenvalue weighted by atomic mass is 9.73. The van der Waals surface area contributed by atoms with Crippen LogP contribution >= 0.6 is 0 Å². The minimum absolute atomic E-state index is 0.0108. The third kappa shape index (κ3) is 6.70. The van der Waals surface area contributed by atoms with Gasteiger partial charge >= 0.3 is 0 Å². The van der Waals surface area contributed by atoms with Gasteiger partial charge in [-0.15, -0.1) is 0 Å². The van der Waals surface area contributed by atoms with E-state index in [1.54, 1.807) is 0 Å². The molecule has 1 fully saturated rings. The maximum absolute atomic E-state index is 14.0. The maximum Gasteiger partial charge on any atom is 0.253 e. The monoisotopic (exact) mass is 568 g/mol. The molecule has 8 nitrogen and oxygen atoms in total. The highest BCUT2D eigenvalue weighted by Crippen LogP contribution is 2.39. The molecule has 4 rings (SSSR count). The fourth-order valence-electron chi connectivity index (χ4n) is 5.71. The van der Waals surface area contributed by atoms with Crippen molar-refractivity contribution in [2.45, 2.75) is 82.0 Å². The smallest absolute Gasteiger partial charge is 0.253 e. The van der Waals surface area contributed by atoms with Gasteiger partial charge in [0.2, 0.25) is 0 Å². The van der Waals surface area contributed by atoms with Gasteiger partial charge in [0.25, 0.3) is 10.9 Å². The molecule has 1 saturated carbocycles. The molecule has 0 bridgehead atoms. The van der Waals surface area contributed by atoms with Crippen LogP contribution in [-0.2, 0) is 17.4 Å². The predicted molar refractivity (Wildman–Crippen MR) is 157 cm³/mol. The second-order valence-corrected chi connectivity index (χ2v) is 12.1. The molecular formula is C31H38F2N4O4. The number of nitroso groups, excluding NO2 is 1. The van der Waals surface area contributed by atoms with Gasteiger partial charge in [0, 0.05) is 25.2 Å². The summed E-state index contributed by atoms with van der Waals surface area (Å²) in [7, 11) is 1.51. The van der Waals surface area contributed by atoms with E-state index in [1.165, 1.54) is 19.2 Å². The normalized spacial score (nSPS) is 20.9. The molecule has 1 aliphatic carbocycles. The van der Waals surface area contributed by atoms with Crippen LogP contribution in [0.25, 0.3) is 0 Å². The average Bonchev–Trinajstić information content (AvgIpc) is 2.94. The van der Waals surface area contributed by atoms with Gasteiger partial charge in [0.15, 0.2) is 0 Å². The predicted octanol–water partition coefficient (Wildman–Crippen LogP) is 4.48. The van der Waals surface area contributed by atoms with Crippen LogP contribution in [-0.4, -0.2) is 36.9 Å². The molecule has 2 unspecified atom stereocenters. The van der Waals surface area contributed by atoms with E-state index in [4.69, 9.17) is 0 Å². The summed E-state index contributed by atoms with van der Waals surface area (Å²) in [5.41, 5.74) is 0.586. The van der Waals surface area contributed by atoms with E-state index in [9.17, 15) is 28.4 Å². The fraction of sp³-hybridized carbons (Fsp3) is 0.484. The zero-order valence-corrected chi connectivity index (χ0v) is 23.9. The van der Waals surface area contributed by atoms with Gasteiger partial charge in [-0.25, -0.2) is 8.78 Å². The number of nitrogens with zero attached hydrogens (tertiary/aromatic N) is 1. The van der Waals surface area contributed by atoms with Crippen LogP contribution in [0.3, 0.4) is 0 Å². The first-order chi connectivity index (χ1) is 19.4. The number of rotatable bonds is 11. The Morgan fingerprint density at radius 3 is 2.24 bits per heavy atom. The van der Waals surface area contributed by atoms with Crippen LogP contribution in [0, 0.1) is 16.5 Å². The van der Waals surface area contributed by atoms with E-state index in [1.807, 2.05) is 12.1 Å². The van der Waals surface area contributed by atoms with Crippen molar-refractivity contribution < 1.29 is 13.9 Å². The number of aliphatic hydroxyl groups excluding tert-OH is 1. The van der Waals surface area contributed by atoms with Crippen molar-refractivity contribution in [2.75, 3.05) is 24.2 Å². The number of nitrogens with one attached hydrogen (secondary N) is 3. The minimum atomic E-state index is -1.12. The SMILES string of the molecule is CNc1c(NC(Cc2cc(F)cc(F)c2)C(O)CNC2(c3cccc(C(C)(C)C)c3)CCC(N=O)CC2)c(=O)c1=O. The number of hydrogen-bond donors (Lipinski definition) is 4. The Morgan fingerprint density at radius 1 is 1.02 bits per heavy atom. The zero-order valence-electron chi connectivity index (χ0n) is 23.9. The Hall–Kier alpha value is -3.50. The van der Waals surface area contributed by atoms with E-state index in [2.05, 4.69) is 54.0 Å². The van der Waals surface area contributed by atoms with E-state index >= 15 is 0 Å². The summed E-state index contributed by atoms with van der Waals surface area (Å²) in [4.78, 5) is 35.5. The number of aliphatic hydroxyl groups is 1. The van der Waals surface area contributed by atoms with Gasteiger partial charge in [-0.05, 0) is 66.3 Å². The molecule has 0 heterocycles. The lowest BCUT2D eigenvalue weighted by Gasteiger charge is -2.42. The van der Waals surface area contributed by atoms with Crippen LogP contribution < -0.4 is 26.8 Å². The molecule has 41 heavy (non-hydrogen) atoms. The summed E-state index contributed by atoms with van der Waals surface area (Å²) in [6.07, 6.45) is 1.29. The molecular weight excluding hydrogens is 530 g/mol. The second kappa shape index (κ2) is 12.2. The summed E-state index contributed by atoms with van der Waals surface area (Å²) >= 11 is 0. The van der Waals surface area contributed by atoms with Crippen LogP contribution in [0.15, 0.2) is 57.2 Å². The third-order valence-electron chi connectivity index (χ3n) is 8.22. The van der Waals surface area contributed by atoms with Crippen molar-refractivity contribution >= 4 is 11.4 Å². The molecule has 0 radical (unpaired) electrons. The first kappa shape index (κ1) is 30.5. The largest absolute Gasteiger partial charge is 0.390 e. The lowest BCUT2D eigenvalue weighted by molar-refractivity contribution is 0.120. The lowest BCUT2D eigenvalue weighted by Crippen LogP contribution is -2.52. The van der Waals surface area contributed by atoms with E-state index in [-0.39, 0.29) is 41.4 Å². The molecule has 3 aromatic rings. The Morgan fingerprint density at radius 2 is 1.66 bits per heavy atom. The van der Waals surface area contributed by atoms with Crippen LogP contribution in [0.1, 0.15) is 63.1 Å². The molecule has 3 aromatic carbocycles. The molecule has 10 heteroatoms. The van der Waals surface area contributed by atoms with Crippen LogP contribution in [0.2, 0.25) is 0 Å². The third-order valence-corrected chi connectivity index (χ3v) is 8.22. The van der Waals surface area contributed by atoms with E-state index < -0.39 is 40.2 Å². The highest BCUT2D eigenvalue weighted by molar-refractivity contribution is 5.74. The van der Waals surface area contributed by atoms with Crippen molar-refractivity contribution in [1.29, 1.82) is 0 Å². The Labute approximate surface area is 238 Å². The summed E-state index contributed by atoms with van der Waals surface area (Å²) < 4.78 is 27.9. The topological polar surface area (TPSA) is 120 Å². The number of anilines is 2. The molecule has 0 spiro atoms. The van der Waals surface area contributed by atoms with Gasteiger partial charge in [0.1, 0.15) is 23.0 Å². The maximum atomic E-state index is 14.0. The highest BCUT2D eigenvalue weighted by Gasteiger charge is 2.39. The number of halogens is 2. The molecule has 1 aliphatic rings. The second-order valence-electron chi connectivity index (χ2n) is 12.1. The summed E-state index contributed by atoms with van der Waals surface area (Å²) in [5, 5.41) is 23.9. The first-order valence-corrected chi connectivity index (χ1v) is 14.0. The molecule has 0 amide bonds.